The summed E-state index contributed by atoms with van der Waals surface area (Å²) in [6.45, 7) is 21.1. The van der Waals surface area contributed by atoms with Crippen molar-refractivity contribution in [3.05, 3.63) is 185 Å². The molecule has 696 valence electrons. The number of carboxylic acids is 1. The lowest BCUT2D eigenvalue weighted by molar-refractivity contribution is -0.172. The minimum absolute atomic E-state index is 0.0131. The number of aliphatic hydroxyl groups is 3. The molecule has 11 N–H and O–H groups in total. The Bertz CT molecular complexity index is 6720. The number of nitrogens with two attached hydrogens (primary N) is 2. The molecule has 6 atom stereocenters. The lowest BCUT2D eigenvalue weighted by atomic mass is 9.81. The van der Waals surface area contributed by atoms with Crippen molar-refractivity contribution < 1.29 is 109 Å². The fraction of sp³-hybridized carbons (Fsp3) is 0.468. The van der Waals surface area contributed by atoms with Crippen LogP contribution in [0.15, 0.2) is 50.8 Å². The number of carbonyl (C=O) groups excluding carboxylic acids is 7. The van der Waals surface area contributed by atoms with Crippen LogP contribution < -0.4 is 38.8 Å². The first-order chi connectivity index (χ1) is 61.5. The van der Waals surface area contributed by atoms with Gasteiger partial charge in [-0.05, 0) is 201 Å². The number of carbonyl (C=O) groups is 8. The number of fused-ring (bicyclic) bond motifs is 15. The van der Waals surface area contributed by atoms with E-state index in [0.717, 1.165) is 66.2 Å². The van der Waals surface area contributed by atoms with Crippen molar-refractivity contribution in [3.63, 3.8) is 0 Å². The van der Waals surface area contributed by atoms with Gasteiger partial charge in [0.25, 0.3) is 26.8 Å². The molecule has 131 heavy (non-hydrogen) atoms. The number of aromatic nitrogens is 6. The summed E-state index contributed by atoms with van der Waals surface area (Å²) in [6, 6.07) is 8.08. The Morgan fingerprint density at radius 1 is 0.496 bits per heavy atom. The standard InChI is InChI=1S/C33H36FN3O7.C27H27FN4O5.C24H22FN3O4.C9H16O4.CH4O3S/c1-6-33(42)20-12-24-29-18(14-37(24)30(40)19(20)15-43-31(33)41)28-22(35-25(38)8-7-9-26(39)44-32(3,4)5)11-10-17-16(2)21(34)13-23(36-29)27(17)28;1-3-27(36)16-8-20-24-14(10-32(20)25(34)15(16)11-37-26(27)35)23-18(30-21(33)6-7-29)5-4-13-12(2)17(28)9-19(31-24)22(13)23;1-3-24(31)14-6-18-21-12(8-28(18)22(29)13(14)9-32-23(24)30)19-16(26)5-4-11-10(2)15(25)7-17(27-21)20(11)19;1-9(2,3)13-8(12)6-4-5-7(10)11;1-5(2,3)4/h12-13,22,42H,6-11,14-15H2,1-5H3,(H,35,38);8-9,18,36H,3-7,10-11,29H2,1-2H3,(H,30,33);6-7,16,31H,3-5,8-9,26H2,1-2H3;4-6H2,1-3H3,(H,10,11);1H3,(H,2,3,4)/t22-,33-;18-,27-;16-,24-;;/m000../s1. The fourth-order valence-corrected chi connectivity index (χ4v) is 19.2. The summed E-state index contributed by atoms with van der Waals surface area (Å²) in [5, 5.41) is 50.3. The number of nitrogens with one attached hydrogen (secondary N) is 2. The Balaban J connectivity index is 0.000000146. The molecule has 0 saturated heterocycles. The van der Waals surface area contributed by atoms with E-state index in [4.69, 9.17) is 59.8 Å². The Hall–Kier alpha value is -12.0. The maximum atomic E-state index is 15.1. The van der Waals surface area contributed by atoms with Crippen LogP contribution in [0.1, 0.15) is 264 Å². The van der Waals surface area contributed by atoms with Crippen LogP contribution >= 0.6 is 0 Å². The van der Waals surface area contributed by atoms with Crippen LogP contribution in [-0.4, -0.2) is 134 Å². The van der Waals surface area contributed by atoms with E-state index in [1.165, 1.54) is 18.2 Å². The second kappa shape index (κ2) is 35.6. The third-order valence-corrected chi connectivity index (χ3v) is 25.6. The summed E-state index contributed by atoms with van der Waals surface area (Å²) in [5.41, 5.74) is 18.9. The van der Waals surface area contributed by atoms with Gasteiger partial charge in [0, 0.05) is 112 Å². The van der Waals surface area contributed by atoms with E-state index in [1.807, 2.05) is 0 Å². The number of aryl methyl sites for hydroxylation is 3. The lowest BCUT2D eigenvalue weighted by Gasteiger charge is -2.31. The van der Waals surface area contributed by atoms with E-state index in [0.29, 0.717) is 125 Å². The molecule has 0 radical (unpaired) electrons. The minimum Gasteiger partial charge on any atom is -0.481 e. The molecule has 0 spiro atoms. The Labute approximate surface area is 749 Å². The molecule has 12 heterocycles. The second-order valence-corrected chi connectivity index (χ2v) is 37.9. The average molecular weight is 1830 g/mol. The molecule has 6 aromatic heterocycles. The van der Waals surface area contributed by atoms with Crippen molar-refractivity contribution in [1.82, 2.24) is 39.3 Å². The molecule has 0 saturated carbocycles. The van der Waals surface area contributed by atoms with E-state index in [1.54, 1.807) is 115 Å². The topological polar surface area (TPSA) is 499 Å². The van der Waals surface area contributed by atoms with Crippen LogP contribution in [0.5, 0.6) is 0 Å². The number of nitrogens with zero attached hydrogens (tertiary/aromatic N) is 6. The first-order valence-electron chi connectivity index (χ1n) is 43.6. The molecule has 0 bridgehead atoms. The second-order valence-electron chi connectivity index (χ2n) is 36.4. The first-order valence-corrected chi connectivity index (χ1v) is 45.4. The molecule has 3 aliphatic carbocycles. The van der Waals surface area contributed by atoms with Gasteiger partial charge >= 0.3 is 35.8 Å². The fourth-order valence-electron chi connectivity index (χ4n) is 19.2. The quantitative estimate of drug-likeness (QED) is 0.0262. The van der Waals surface area contributed by atoms with Crippen molar-refractivity contribution in [1.29, 1.82) is 0 Å². The number of aliphatic carboxylic acids is 1. The van der Waals surface area contributed by atoms with Crippen molar-refractivity contribution in [2.24, 2.45) is 11.5 Å². The van der Waals surface area contributed by atoms with Crippen LogP contribution in [-0.2, 0) is 148 Å². The largest absolute Gasteiger partial charge is 0.481 e. The van der Waals surface area contributed by atoms with Gasteiger partial charge in [-0.15, -0.1) is 0 Å². The molecule has 9 aliphatic rings. The van der Waals surface area contributed by atoms with Gasteiger partial charge in [0.05, 0.1) is 105 Å². The molecule has 0 fully saturated rings. The number of cyclic esters (lactones) is 3. The molecule has 9 aromatic rings. The van der Waals surface area contributed by atoms with Gasteiger partial charge in [-0.25, -0.2) is 42.5 Å². The maximum Gasteiger partial charge on any atom is 0.343 e. The number of ether oxygens (including phenoxy) is 5. The summed E-state index contributed by atoms with van der Waals surface area (Å²) < 4.78 is 101. The highest BCUT2D eigenvalue weighted by Gasteiger charge is 2.50. The highest BCUT2D eigenvalue weighted by molar-refractivity contribution is 7.85. The maximum absolute atomic E-state index is 15.1. The molecule has 18 rings (SSSR count). The third-order valence-electron chi connectivity index (χ3n) is 25.6. The number of hydrogen-bond acceptors (Lipinski definition) is 26. The number of esters is 5. The van der Waals surface area contributed by atoms with Gasteiger partial charge in [-0.2, -0.15) is 8.42 Å². The summed E-state index contributed by atoms with van der Waals surface area (Å²) in [6.07, 6.45) is 5.65. The zero-order chi connectivity index (χ0) is 95.4. The summed E-state index contributed by atoms with van der Waals surface area (Å²) in [4.78, 5) is 151. The number of amides is 2. The smallest absolute Gasteiger partial charge is 0.343 e. The van der Waals surface area contributed by atoms with Crippen LogP contribution in [0.25, 0.3) is 66.9 Å². The molecule has 3 aromatic carbocycles. The monoisotopic (exact) mass is 1830 g/mol. The van der Waals surface area contributed by atoms with Gasteiger partial charge < -0.3 is 79.9 Å². The predicted molar refractivity (Wildman–Crippen MR) is 469 cm³/mol. The number of rotatable bonds is 15. The third kappa shape index (κ3) is 17.6. The Kier molecular flexibility index (Phi) is 25.8. The van der Waals surface area contributed by atoms with E-state index in [9.17, 15) is 85.3 Å². The summed E-state index contributed by atoms with van der Waals surface area (Å²) in [5.74, 6) is -5.44. The number of hydrogen-bond donors (Lipinski definition) is 9. The molecule has 6 aliphatic heterocycles. The predicted octanol–water partition coefficient (Wildman–Crippen LogP) is 9.68. The Morgan fingerprint density at radius 2 is 0.802 bits per heavy atom. The van der Waals surface area contributed by atoms with Crippen molar-refractivity contribution in [3.8, 4) is 34.2 Å². The van der Waals surface area contributed by atoms with Gasteiger partial charge in [-0.3, -0.25) is 42.9 Å². The number of benzene rings is 3. The molecule has 0 unspecified atom stereocenters. The van der Waals surface area contributed by atoms with Crippen LogP contribution in [0.4, 0.5) is 13.2 Å². The van der Waals surface area contributed by atoms with Gasteiger partial charge in [0.15, 0.2) is 16.8 Å². The SMILES string of the molecule is CC(C)(C)OC(=O)CCCC(=O)O.CC[C@@]1(O)C(=O)OCc2c1cc1n(c2=O)Cc2c-1nc1cc(F)c(C)c3c1c2[C@@H](N)CC3.CC[C@@]1(O)C(=O)OCc2c1cc1n(c2=O)Cc2c-1nc1cc(F)c(C)c3c1c2[C@@H](NC(=O)CCCC(=O)OC(C)(C)C)CC3.CC[C@@]1(O)C(=O)OCc2c1cc1n(c2=O)Cc2c-1nc1cc(F)c(C)c3c1c2[C@@H](NC(=O)CCN)CC3.CS(=O)(=O)O. The van der Waals surface area contributed by atoms with Crippen LogP contribution in [0.2, 0.25) is 0 Å². The van der Waals surface area contributed by atoms with E-state index in [2.05, 4.69) is 10.6 Å². The number of pyridine rings is 6. The normalized spacial score (nSPS) is 19.9. The minimum atomic E-state index is -3.67. The van der Waals surface area contributed by atoms with Crippen molar-refractivity contribution in [2.45, 2.75) is 271 Å². The number of carboxylic acid groups (broad SMARTS) is 1. The lowest BCUT2D eigenvalue weighted by Crippen LogP contribution is -2.44. The Morgan fingerprint density at radius 3 is 1.11 bits per heavy atom. The van der Waals surface area contributed by atoms with E-state index >= 15 is 4.39 Å². The van der Waals surface area contributed by atoms with E-state index < -0.39 is 73.6 Å². The number of halogens is 3. The summed E-state index contributed by atoms with van der Waals surface area (Å²) in [7, 11) is -3.67. The van der Waals surface area contributed by atoms with Gasteiger partial charge in [0.2, 0.25) is 11.8 Å². The van der Waals surface area contributed by atoms with Crippen LogP contribution in [0, 0.1) is 38.2 Å². The highest BCUT2D eigenvalue weighted by atomic mass is 32.2. The zero-order valence-corrected chi connectivity index (χ0v) is 75.7. The van der Waals surface area contributed by atoms with E-state index in [-0.39, 0.29) is 195 Å². The molecular formula is C94H105F3N10O23S. The zero-order valence-electron chi connectivity index (χ0n) is 74.9. The van der Waals surface area contributed by atoms with Crippen LogP contribution in [0.3, 0.4) is 0 Å². The van der Waals surface area contributed by atoms with Crippen molar-refractivity contribution >= 4 is 90.5 Å². The van der Waals surface area contributed by atoms with Gasteiger partial charge in [0.1, 0.15) is 48.5 Å². The molecule has 33 nitrogen and oxygen atoms in total. The highest BCUT2D eigenvalue weighted by Crippen LogP contribution is 2.51. The molecule has 2 amide bonds. The molecule has 37 heteroatoms. The van der Waals surface area contributed by atoms with Crippen molar-refractivity contribution in [2.75, 3.05) is 12.8 Å². The van der Waals surface area contributed by atoms with Gasteiger partial charge in [-0.1, -0.05) is 20.8 Å². The first kappa shape index (κ1) is 95.1. The molecular weight excluding hydrogens is 1730 g/mol. The average Bonchev–Trinajstić information content (AvgIpc) is 1.56. The summed E-state index contributed by atoms with van der Waals surface area (Å²) >= 11 is 0.